The van der Waals surface area contributed by atoms with Crippen LogP contribution in [0.4, 0.5) is 11.5 Å². The molecule has 31 heavy (non-hydrogen) atoms. The highest BCUT2D eigenvalue weighted by Gasteiger charge is 2.17. The van der Waals surface area contributed by atoms with Crippen LogP contribution in [-0.4, -0.2) is 35.9 Å². The van der Waals surface area contributed by atoms with Gasteiger partial charge in [-0.2, -0.15) is 0 Å². The third-order valence-electron chi connectivity index (χ3n) is 4.81. The fourth-order valence-electron chi connectivity index (χ4n) is 3.18. The Morgan fingerprint density at radius 3 is 2.58 bits per heavy atom. The van der Waals surface area contributed by atoms with Crippen molar-refractivity contribution in [3.8, 4) is 22.6 Å². The number of ether oxygens (including phenoxy) is 1. The van der Waals surface area contributed by atoms with Crippen LogP contribution < -0.4 is 10.1 Å². The van der Waals surface area contributed by atoms with Crippen LogP contribution in [0.1, 0.15) is 13.8 Å². The van der Waals surface area contributed by atoms with Gasteiger partial charge in [0.2, 0.25) is 0 Å². The molecule has 0 amide bonds. The zero-order valence-electron chi connectivity index (χ0n) is 17.0. The lowest BCUT2D eigenvalue weighted by atomic mass is 10.1. The number of fused-ring (bicyclic) bond motifs is 1. The molecule has 0 fully saturated rings. The van der Waals surface area contributed by atoms with E-state index in [0.717, 1.165) is 27.1 Å². The number of anilines is 2. The number of benzene rings is 2. The molecule has 0 aliphatic heterocycles. The first kappa shape index (κ1) is 21.1. The first-order valence-electron chi connectivity index (χ1n) is 9.71. The van der Waals surface area contributed by atoms with E-state index in [1.165, 1.54) is 35.9 Å². The standard InChI is InChI=1S/C22H21N3O4S2/c1-3-29-15-7-5-14(6-8-15)17-12-30-22-20(17)21(23-13-24-22)25-18-11-16(9-10-19(18)26)31(27,28)4-2/h5-13,26H,3-4H2,1-2H3,(H,23,24,25). The van der Waals surface area contributed by atoms with Crippen molar-refractivity contribution >= 4 is 42.9 Å². The van der Waals surface area contributed by atoms with Crippen LogP contribution >= 0.6 is 11.3 Å². The van der Waals surface area contributed by atoms with Crippen LogP contribution in [0.25, 0.3) is 21.3 Å². The molecule has 2 N–H and O–H groups in total. The van der Waals surface area contributed by atoms with Gasteiger partial charge in [-0.25, -0.2) is 18.4 Å². The first-order chi connectivity index (χ1) is 14.9. The van der Waals surface area contributed by atoms with Crippen molar-refractivity contribution in [1.29, 1.82) is 0 Å². The van der Waals surface area contributed by atoms with E-state index in [1.807, 2.05) is 36.6 Å². The molecule has 0 aliphatic rings. The van der Waals surface area contributed by atoms with Gasteiger partial charge < -0.3 is 15.2 Å². The smallest absolute Gasteiger partial charge is 0.178 e. The zero-order valence-corrected chi connectivity index (χ0v) is 18.6. The largest absolute Gasteiger partial charge is 0.506 e. The number of nitrogens with one attached hydrogen (secondary N) is 1. The molecular weight excluding hydrogens is 434 g/mol. The molecule has 0 saturated heterocycles. The lowest BCUT2D eigenvalue weighted by Crippen LogP contribution is -2.04. The number of aromatic hydroxyl groups is 1. The van der Waals surface area contributed by atoms with E-state index in [4.69, 9.17) is 4.74 Å². The van der Waals surface area contributed by atoms with E-state index in [9.17, 15) is 13.5 Å². The minimum atomic E-state index is -3.42. The molecule has 4 aromatic rings. The lowest BCUT2D eigenvalue weighted by Gasteiger charge is -2.12. The number of aromatic nitrogens is 2. The molecule has 0 radical (unpaired) electrons. The molecule has 0 saturated carbocycles. The summed E-state index contributed by atoms with van der Waals surface area (Å²) >= 11 is 1.48. The molecule has 0 spiro atoms. The Morgan fingerprint density at radius 2 is 1.87 bits per heavy atom. The molecular formula is C22H21N3O4S2. The second-order valence-electron chi connectivity index (χ2n) is 6.72. The highest BCUT2D eigenvalue weighted by atomic mass is 32.2. The molecule has 0 atom stereocenters. The molecule has 9 heteroatoms. The quantitative estimate of drug-likeness (QED) is 0.378. The maximum atomic E-state index is 12.3. The number of thiophene rings is 1. The van der Waals surface area contributed by atoms with E-state index in [-0.39, 0.29) is 22.1 Å². The highest BCUT2D eigenvalue weighted by Crippen LogP contribution is 2.39. The number of rotatable bonds is 7. The zero-order chi connectivity index (χ0) is 22.0. The predicted molar refractivity (Wildman–Crippen MR) is 123 cm³/mol. The van der Waals surface area contributed by atoms with Gasteiger partial charge in [0.05, 0.1) is 28.3 Å². The number of phenolic OH excluding ortho intramolecular Hbond substituents is 1. The van der Waals surface area contributed by atoms with Crippen molar-refractivity contribution in [3.63, 3.8) is 0 Å². The van der Waals surface area contributed by atoms with E-state index < -0.39 is 9.84 Å². The molecule has 160 valence electrons. The van der Waals surface area contributed by atoms with Crippen LogP contribution in [-0.2, 0) is 9.84 Å². The van der Waals surface area contributed by atoms with Gasteiger partial charge in [0.15, 0.2) is 9.84 Å². The number of hydrogen-bond acceptors (Lipinski definition) is 8. The van der Waals surface area contributed by atoms with Gasteiger partial charge in [0, 0.05) is 10.9 Å². The van der Waals surface area contributed by atoms with Crippen molar-refractivity contribution < 1.29 is 18.3 Å². The van der Waals surface area contributed by atoms with Gasteiger partial charge >= 0.3 is 0 Å². The molecule has 0 aliphatic carbocycles. The van der Waals surface area contributed by atoms with E-state index >= 15 is 0 Å². The second-order valence-corrected chi connectivity index (χ2v) is 9.85. The van der Waals surface area contributed by atoms with Crippen molar-refractivity contribution in [2.24, 2.45) is 0 Å². The molecule has 0 unspecified atom stereocenters. The minimum absolute atomic E-state index is 0.0264. The maximum Gasteiger partial charge on any atom is 0.178 e. The number of hydrogen-bond donors (Lipinski definition) is 2. The predicted octanol–water partition coefficient (Wildman–Crippen LogP) is 5.00. The minimum Gasteiger partial charge on any atom is -0.506 e. The summed E-state index contributed by atoms with van der Waals surface area (Å²) < 4.78 is 30.0. The Hall–Kier alpha value is -3.17. The van der Waals surface area contributed by atoms with Crippen LogP contribution in [0.3, 0.4) is 0 Å². The summed E-state index contributed by atoms with van der Waals surface area (Å²) in [6.07, 6.45) is 1.44. The van der Waals surface area contributed by atoms with Crippen molar-refractivity contribution in [1.82, 2.24) is 9.97 Å². The fraction of sp³-hybridized carbons (Fsp3) is 0.182. The SMILES string of the molecule is CCOc1ccc(-c2csc3ncnc(Nc4cc(S(=O)(=O)CC)ccc4O)c23)cc1. The second kappa shape index (κ2) is 8.52. The molecule has 2 aromatic carbocycles. The average molecular weight is 456 g/mol. The van der Waals surface area contributed by atoms with Gasteiger partial charge in [-0.15, -0.1) is 11.3 Å². The Balaban J connectivity index is 1.78. The van der Waals surface area contributed by atoms with Gasteiger partial charge in [0.1, 0.15) is 28.5 Å². The van der Waals surface area contributed by atoms with E-state index in [1.54, 1.807) is 6.92 Å². The van der Waals surface area contributed by atoms with Crippen molar-refractivity contribution in [2.75, 3.05) is 17.7 Å². The van der Waals surface area contributed by atoms with Gasteiger partial charge in [-0.3, -0.25) is 0 Å². The number of nitrogens with zero attached hydrogens (tertiary/aromatic N) is 2. The third-order valence-corrected chi connectivity index (χ3v) is 7.43. The fourth-order valence-corrected chi connectivity index (χ4v) is 5.00. The van der Waals surface area contributed by atoms with Crippen LogP contribution in [0.5, 0.6) is 11.5 Å². The van der Waals surface area contributed by atoms with Gasteiger partial charge in [-0.05, 0) is 42.8 Å². The first-order valence-corrected chi connectivity index (χ1v) is 12.2. The van der Waals surface area contributed by atoms with Crippen molar-refractivity contribution in [3.05, 3.63) is 54.2 Å². The monoisotopic (exact) mass is 455 g/mol. The molecule has 4 rings (SSSR count). The van der Waals surface area contributed by atoms with Crippen molar-refractivity contribution in [2.45, 2.75) is 18.7 Å². The Bertz CT molecular complexity index is 1330. The summed E-state index contributed by atoms with van der Waals surface area (Å²) in [6.45, 7) is 4.11. The van der Waals surface area contributed by atoms with E-state index in [2.05, 4.69) is 15.3 Å². The van der Waals surface area contributed by atoms with Crippen LogP contribution in [0.15, 0.2) is 59.1 Å². The summed E-state index contributed by atoms with van der Waals surface area (Å²) in [6, 6.07) is 11.9. The average Bonchev–Trinajstić information content (AvgIpc) is 3.21. The lowest BCUT2D eigenvalue weighted by molar-refractivity contribution is 0.340. The summed E-state index contributed by atoms with van der Waals surface area (Å²) in [4.78, 5) is 9.63. The van der Waals surface area contributed by atoms with Gasteiger partial charge in [0.25, 0.3) is 0 Å². The number of phenols is 1. The molecule has 2 heterocycles. The Kier molecular flexibility index (Phi) is 5.79. The van der Waals surface area contributed by atoms with Crippen LogP contribution in [0.2, 0.25) is 0 Å². The molecule has 2 aromatic heterocycles. The topological polar surface area (TPSA) is 101 Å². The third kappa shape index (κ3) is 4.19. The van der Waals surface area contributed by atoms with E-state index in [0.29, 0.717) is 12.4 Å². The van der Waals surface area contributed by atoms with Gasteiger partial charge in [-0.1, -0.05) is 19.1 Å². The van der Waals surface area contributed by atoms with Crippen LogP contribution in [0, 0.1) is 0 Å². The maximum absolute atomic E-state index is 12.3. The summed E-state index contributed by atoms with van der Waals surface area (Å²) in [5.74, 6) is 1.18. The number of sulfone groups is 1. The summed E-state index contributed by atoms with van der Waals surface area (Å²) in [5.41, 5.74) is 2.17. The highest BCUT2D eigenvalue weighted by molar-refractivity contribution is 7.91. The normalized spacial score (nSPS) is 11.5. The molecule has 0 bridgehead atoms. The summed E-state index contributed by atoms with van der Waals surface area (Å²) in [5, 5.41) is 16.2. The Morgan fingerprint density at radius 1 is 1.10 bits per heavy atom. The molecule has 7 nitrogen and oxygen atoms in total. The Labute approximate surface area is 184 Å². The summed E-state index contributed by atoms with van der Waals surface area (Å²) in [7, 11) is -3.42.